The van der Waals surface area contributed by atoms with Gasteiger partial charge >= 0.3 is 0 Å². The summed E-state index contributed by atoms with van der Waals surface area (Å²) in [7, 11) is 1.46. The second kappa shape index (κ2) is 7.72. The van der Waals surface area contributed by atoms with Crippen LogP contribution in [-0.2, 0) is 13.0 Å². The number of methoxy groups -OCH3 is 1. The van der Waals surface area contributed by atoms with Crippen molar-refractivity contribution < 1.29 is 14.5 Å². The fraction of sp³-hybridized carbons (Fsp3) is 0.286. The number of hydrogen-bond donors (Lipinski definition) is 1. The van der Waals surface area contributed by atoms with Gasteiger partial charge in [-0.2, -0.15) is 0 Å². The van der Waals surface area contributed by atoms with Gasteiger partial charge in [0.15, 0.2) is 0 Å². The lowest BCUT2D eigenvalue weighted by molar-refractivity contribution is -0.384. The van der Waals surface area contributed by atoms with Crippen LogP contribution in [0.1, 0.15) is 35.5 Å². The number of nitro benzene ring substituents is 1. The normalized spacial score (nSPS) is 10.9. The summed E-state index contributed by atoms with van der Waals surface area (Å²) in [6.07, 6.45) is 0.916. The maximum Gasteiger partial charge on any atom is 0.272 e. The number of hydrogen-bond acceptors (Lipinski definition) is 4. The highest BCUT2D eigenvalue weighted by Gasteiger charge is 2.22. The number of fused-ring (bicyclic) bond motifs is 1. The predicted molar refractivity (Wildman–Crippen MR) is 109 cm³/mol. The molecule has 0 unspecified atom stereocenters. The van der Waals surface area contributed by atoms with E-state index in [1.54, 1.807) is 0 Å². The molecule has 3 aromatic rings. The second-order valence-corrected chi connectivity index (χ2v) is 6.52. The summed E-state index contributed by atoms with van der Waals surface area (Å²) in [5.41, 5.74) is 3.78. The molecule has 0 aliphatic rings. The highest BCUT2D eigenvalue weighted by atomic mass is 16.6. The lowest BCUT2D eigenvalue weighted by Crippen LogP contribution is -2.18. The average molecular weight is 381 g/mol. The molecule has 0 saturated heterocycles. The van der Waals surface area contributed by atoms with Crippen LogP contribution in [0.2, 0.25) is 0 Å². The van der Waals surface area contributed by atoms with Crippen LogP contribution in [0.5, 0.6) is 5.75 Å². The van der Waals surface area contributed by atoms with Crippen molar-refractivity contribution in [3.8, 4) is 5.75 Å². The highest BCUT2D eigenvalue weighted by Crippen LogP contribution is 2.31. The van der Waals surface area contributed by atoms with Crippen LogP contribution < -0.4 is 10.1 Å². The van der Waals surface area contributed by atoms with Crippen molar-refractivity contribution in [3.63, 3.8) is 0 Å². The van der Waals surface area contributed by atoms with Crippen LogP contribution in [0.15, 0.2) is 36.4 Å². The number of carbonyl (C=O) groups is 1. The Balaban J connectivity index is 2.08. The first-order valence-corrected chi connectivity index (χ1v) is 9.16. The summed E-state index contributed by atoms with van der Waals surface area (Å²) in [5.74, 6) is 0.0384. The lowest BCUT2D eigenvalue weighted by Gasteiger charge is -2.12. The molecule has 3 rings (SSSR count). The number of anilines is 1. The fourth-order valence-electron chi connectivity index (χ4n) is 3.50. The zero-order valence-electron chi connectivity index (χ0n) is 16.4. The van der Waals surface area contributed by atoms with E-state index in [-0.39, 0.29) is 17.3 Å². The molecule has 0 atom stereocenters. The largest absolute Gasteiger partial charge is 0.495 e. The van der Waals surface area contributed by atoms with Crippen molar-refractivity contribution >= 4 is 28.2 Å². The van der Waals surface area contributed by atoms with Crippen molar-refractivity contribution in [2.75, 3.05) is 12.4 Å². The molecule has 0 radical (unpaired) electrons. The summed E-state index contributed by atoms with van der Waals surface area (Å²) in [6.45, 7) is 6.63. The molecule has 0 bridgehead atoms. The van der Waals surface area contributed by atoms with Crippen molar-refractivity contribution in [2.24, 2.45) is 0 Å². The van der Waals surface area contributed by atoms with Crippen molar-refractivity contribution in [1.29, 1.82) is 0 Å². The average Bonchev–Trinajstić information content (AvgIpc) is 2.98. The van der Waals surface area contributed by atoms with Crippen LogP contribution in [0.4, 0.5) is 11.4 Å². The fourth-order valence-corrected chi connectivity index (χ4v) is 3.50. The standard InChI is InChI=1S/C21H23N3O4/c1-5-14-7-9-18-16(11-14)13(3)20(23(18)6-2)21(25)22-17-12-15(24(26)27)8-10-19(17)28-4/h7-12H,5-6H2,1-4H3,(H,22,25). The van der Waals surface area contributed by atoms with Crippen LogP contribution >= 0.6 is 0 Å². The Kier molecular flexibility index (Phi) is 5.35. The van der Waals surface area contributed by atoms with Gasteiger partial charge in [-0.1, -0.05) is 13.0 Å². The Hall–Kier alpha value is -3.35. The minimum atomic E-state index is -0.504. The van der Waals surface area contributed by atoms with Crippen molar-refractivity contribution in [3.05, 3.63) is 63.3 Å². The first-order chi connectivity index (χ1) is 13.4. The van der Waals surface area contributed by atoms with Crippen LogP contribution in [-0.4, -0.2) is 22.5 Å². The molecule has 146 valence electrons. The molecule has 0 aliphatic heterocycles. The molecule has 1 amide bonds. The van der Waals surface area contributed by atoms with Gasteiger partial charge in [0, 0.05) is 29.6 Å². The van der Waals surface area contributed by atoms with E-state index in [2.05, 4.69) is 24.4 Å². The van der Waals surface area contributed by atoms with Gasteiger partial charge in [-0.3, -0.25) is 14.9 Å². The zero-order chi connectivity index (χ0) is 20.4. The summed E-state index contributed by atoms with van der Waals surface area (Å²) < 4.78 is 7.21. The molecule has 1 heterocycles. The predicted octanol–water partition coefficient (Wildman–Crippen LogP) is 4.70. The molecule has 0 aliphatic carbocycles. The van der Waals surface area contributed by atoms with E-state index in [0.717, 1.165) is 22.9 Å². The third-order valence-electron chi connectivity index (χ3n) is 4.96. The Morgan fingerprint density at radius 2 is 1.96 bits per heavy atom. The van der Waals surface area contributed by atoms with Crippen molar-refractivity contribution in [1.82, 2.24) is 4.57 Å². The first-order valence-electron chi connectivity index (χ1n) is 9.16. The highest BCUT2D eigenvalue weighted by molar-refractivity contribution is 6.09. The number of ether oxygens (including phenoxy) is 1. The van der Waals surface area contributed by atoms with Gasteiger partial charge in [-0.05, 0) is 49.6 Å². The number of carbonyl (C=O) groups excluding carboxylic acids is 1. The number of non-ortho nitro benzene ring substituents is 1. The molecule has 7 nitrogen and oxygen atoms in total. The smallest absolute Gasteiger partial charge is 0.272 e. The van der Waals surface area contributed by atoms with E-state index >= 15 is 0 Å². The third-order valence-corrected chi connectivity index (χ3v) is 4.96. The molecule has 1 aromatic heterocycles. The van der Waals surface area contributed by atoms with E-state index in [4.69, 9.17) is 4.74 Å². The maximum atomic E-state index is 13.1. The molecule has 1 N–H and O–H groups in total. The first kappa shape index (κ1) is 19.4. The van der Waals surface area contributed by atoms with Gasteiger partial charge in [-0.25, -0.2) is 0 Å². The summed E-state index contributed by atoms with van der Waals surface area (Å²) in [4.78, 5) is 23.7. The molecule has 0 spiro atoms. The van der Waals surface area contributed by atoms with E-state index in [1.165, 1.54) is 30.9 Å². The van der Waals surface area contributed by atoms with E-state index < -0.39 is 4.92 Å². The Bertz CT molecular complexity index is 1070. The molecule has 0 fully saturated rings. The van der Waals surface area contributed by atoms with Crippen LogP contribution in [0.25, 0.3) is 10.9 Å². The van der Waals surface area contributed by atoms with Gasteiger partial charge in [0.25, 0.3) is 11.6 Å². The number of nitro groups is 1. The Morgan fingerprint density at radius 1 is 1.21 bits per heavy atom. The second-order valence-electron chi connectivity index (χ2n) is 6.52. The number of benzene rings is 2. The van der Waals surface area contributed by atoms with Crippen molar-refractivity contribution in [2.45, 2.75) is 33.7 Å². The number of amides is 1. The summed E-state index contributed by atoms with van der Waals surface area (Å²) in [6, 6.07) is 10.3. The zero-order valence-corrected chi connectivity index (χ0v) is 16.4. The van der Waals surface area contributed by atoms with Gasteiger partial charge < -0.3 is 14.6 Å². The monoisotopic (exact) mass is 381 g/mol. The molecular formula is C21H23N3O4. The van der Waals surface area contributed by atoms with Gasteiger partial charge in [0.2, 0.25) is 0 Å². The number of aryl methyl sites for hydroxylation is 3. The van der Waals surface area contributed by atoms with E-state index in [0.29, 0.717) is 18.0 Å². The van der Waals surface area contributed by atoms with Crippen LogP contribution in [0.3, 0.4) is 0 Å². The van der Waals surface area contributed by atoms with Gasteiger partial charge in [0.1, 0.15) is 11.4 Å². The molecule has 0 saturated carbocycles. The third kappa shape index (κ3) is 3.31. The molecule has 2 aromatic carbocycles. The van der Waals surface area contributed by atoms with Gasteiger partial charge in [-0.15, -0.1) is 0 Å². The van der Waals surface area contributed by atoms with Gasteiger partial charge in [0.05, 0.1) is 17.7 Å². The minimum absolute atomic E-state index is 0.114. The maximum absolute atomic E-state index is 13.1. The Morgan fingerprint density at radius 3 is 2.57 bits per heavy atom. The quantitative estimate of drug-likeness (QED) is 0.495. The number of nitrogens with one attached hydrogen (secondary N) is 1. The lowest BCUT2D eigenvalue weighted by atomic mass is 10.1. The molecular weight excluding hydrogens is 358 g/mol. The van der Waals surface area contributed by atoms with E-state index in [1.807, 2.05) is 24.5 Å². The topological polar surface area (TPSA) is 86.4 Å². The summed E-state index contributed by atoms with van der Waals surface area (Å²) in [5, 5.41) is 14.9. The van der Waals surface area contributed by atoms with Crippen LogP contribution in [0, 0.1) is 17.0 Å². The number of rotatable bonds is 6. The molecule has 28 heavy (non-hydrogen) atoms. The number of nitrogens with zero attached hydrogens (tertiary/aromatic N) is 2. The SMILES string of the molecule is CCc1ccc2c(c1)c(C)c(C(=O)Nc1cc([N+](=O)[O-])ccc1OC)n2CC. The van der Waals surface area contributed by atoms with E-state index in [9.17, 15) is 14.9 Å². The number of aromatic nitrogens is 1. The minimum Gasteiger partial charge on any atom is -0.495 e. The molecule has 7 heteroatoms. The summed E-state index contributed by atoms with van der Waals surface area (Å²) >= 11 is 0. The Labute approximate surface area is 163 Å².